The maximum atomic E-state index is 11.6. The minimum Gasteiger partial charge on any atom is -0.497 e. The van der Waals surface area contributed by atoms with Gasteiger partial charge in [-0.05, 0) is 18.2 Å². The lowest BCUT2D eigenvalue weighted by Gasteiger charge is -2.08. The third kappa shape index (κ3) is 3.01. The standard InChI is InChI=1S/C14H14N2O3/c1-19-12-6-4-5-11(9-12)13(15-18)10-16-8-3-2-7-14(16)17/h2-9,18H,10H2,1H3/b15-13-. The normalized spacial score (nSPS) is 11.3. The SMILES string of the molecule is COc1cccc(/C(Cn2ccccc2=O)=N\O)c1. The van der Waals surface area contributed by atoms with Gasteiger partial charge in [-0.15, -0.1) is 0 Å². The van der Waals surface area contributed by atoms with Crippen LogP contribution in [0.3, 0.4) is 0 Å². The molecule has 0 saturated carbocycles. The first kappa shape index (κ1) is 12.9. The lowest BCUT2D eigenvalue weighted by Crippen LogP contribution is -2.23. The number of pyridine rings is 1. The molecule has 1 aromatic heterocycles. The van der Waals surface area contributed by atoms with Crippen LogP contribution in [0.1, 0.15) is 5.56 Å². The smallest absolute Gasteiger partial charge is 0.250 e. The van der Waals surface area contributed by atoms with Crippen LogP contribution < -0.4 is 10.3 Å². The molecule has 0 aliphatic heterocycles. The fourth-order valence-electron chi connectivity index (χ4n) is 1.74. The van der Waals surface area contributed by atoms with Crippen molar-refractivity contribution in [2.45, 2.75) is 6.54 Å². The highest BCUT2D eigenvalue weighted by Crippen LogP contribution is 2.13. The van der Waals surface area contributed by atoms with Crippen LogP contribution in [0.4, 0.5) is 0 Å². The summed E-state index contributed by atoms with van der Waals surface area (Å²) >= 11 is 0. The Bertz CT molecular complexity index is 647. The molecule has 0 fully saturated rings. The molecule has 2 aromatic rings. The van der Waals surface area contributed by atoms with Crippen LogP contribution in [0, 0.1) is 0 Å². The zero-order chi connectivity index (χ0) is 13.7. The Labute approximate surface area is 110 Å². The molecule has 0 aliphatic carbocycles. The van der Waals surface area contributed by atoms with Gasteiger partial charge in [0.2, 0.25) is 0 Å². The van der Waals surface area contributed by atoms with Gasteiger partial charge in [-0.3, -0.25) is 4.79 Å². The molecule has 0 atom stereocenters. The van der Waals surface area contributed by atoms with Crippen molar-refractivity contribution >= 4 is 5.71 Å². The zero-order valence-corrected chi connectivity index (χ0v) is 10.5. The third-order valence-electron chi connectivity index (χ3n) is 2.74. The fourth-order valence-corrected chi connectivity index (χ4v) is 1.74. The first-order valence-electron chi connectivity index (χ1n) is 5.75. The van der Waals surface area contributed by atoms with E-state index in [-0.39, 0.29) is 12.1 Å². The summed E-state index contributed by atoms with van der Waals surface area (Å²) in [5.74, 6) is 0.666. The van der Waals surface area contributed by atoms with Gasteiger partial charge in [-0.2, -0.15) is 0 Å². The Morgan fingerprint density at radius 1 is 1.32 bits per heavy atom. The minimum atomic E-state index is -0.147. The van der Waals surface area contributed by atoms with Crippen molar-refractivity contribution in [1.82, 2.24) is 4.57 Å². The second-order valence-corrected chi connectivity index (χ2v) is 3.95. The number of ether oxygens (including phenoxy) is 1. The maximum Gasteiger partial charge on any atom is 0.250 e. The summed E-state index contributed by atoms with van der Waals surface area (Å²) in [6.07, 6.45) is 1.65. The molecule has 5 heteroatoms. The van der Waals surface area contributed by atoms with Gasteiger partial charge in [0.25, 0.3) is 5.56 Å². The molecule has 0 spiro atoms. The third-order valence-corrected chi connectivity index (χ3v) is 2.74. The molecule has 0 unspecified atom stereocenters. The van der Waals surface area contributed by atoms with E-state index in [4.69, 9.17) is 9.94 Å². The van der Waals surface area contributed by atoms with E-state index in [1.54, 1.807) is 49.7 Å². The second kappa shape index (κ2) is 5.86. The van der Waals surface area contributed by atoms with Crippen molar-refractivity contribution in [3.63, 3.8) is 0 Å². The lowest BCUT2D eigenvalue weighted by molar-refractivity contribution is 0.317. The van der Waals surface area contributed by atoms with Crippen LogP contribution in [-0.2, 0) is 6.54 Å². The van der Waals surface area contributed by atoms with Crippen LogP contribution in [-0.4, -0.2) is 22.6 Å². The van der Waals surface area contributed by atoms with Crippen LogP contribution >= 0.6 is 0 Å². The quantitative estimate of drug-likeness (QED) is 0.516. The highest BCUT2D eigenvalue weighted by molar-refractivity contribution is 6.00. The van der Waals surface area contributed by atoms with Crippen molar-refractivity contribution in [2.75, 3.05) is 7.11 Å². The van der Waals surface area contributed by atoms with E-state index in [9.17, 15) is 4.79 Å². The summed E-state index contributed by atoms with van der Waals surface area (Å²) in [5.41, 5.74) is 0.955. The Morgan fingerprint density at radius 2 is 2.16 bits per heavy atom. The lowest BCUT2D eigenvalue weighted by atomic mass is 10.1. The van der Waals surface area contributed by atoms with E-state index < -0.39 is 0 Å². The van der Waals surface area contributed by atoms with Gasteiger partial charge in [0.1, 0.15) is 11.5 Å². The Morgan fingerprint density at radius 3 is 2.84 bits per heavy atom. The molecular weight excluding hydrogens is 244 g/mol. The van der Waals surface area contributed by atoms with E-state index >= 15 is 0 Å². The van der Waals surface area contributed by atoms with Crippen LogP contribution in [0.25, 0.3) is 0 Å². The molecule has 98 valence electrons. The number of benzene rings is 1. The van der Waals surface area contributed by atoms with Crippen molar-refractivity contribution in [1.29, 1.82) is 0 Å². The summed E-state index contributed by atoms with van der Waals surface area (Å²) in [6, 6.07) is 12.0. The number of hydrogen-bond donors (Lipinski definition) is 1. The number of hydrogen-bond acceptors (Lipinski definition) is 4. The number of oxime groups is 1. The van der Waals surface area contributed by atoms with Crippen molar-refractivity contribution in [2.24, 2.45) is 5.16 Å². The van der Waals surface area contributed by atoms with Crippen molar-refractivity contribution < 1.29 is 9.94 Å². The fraction of sp³-hybridized carbons (Fsp3) is 0.143. The number of nitrogens with zero attached hydrogens (tertiary/aromatic N) is 2. The van der Waals surface area contributed by atoms with Crippen LogP contribution in [0.15, 0.2) is 58.6 Å². The molecular formula is C14H14N2O3. The Kier molecular flexibility index (Phi) is 3.97. The van der Waals surface area contributed by atoms with Crippen LogP contribution in [0.2, 0.25) is 0 Å². The highest BCUT2D eigenvalue weighted by atomic mass is 16.5. The molecule has 1 heterocycles. The van der Waals surface area contributed by atoms with E-state index in [2.05, 4.69) is 5.16 Å². The molecule has 0 saturated heterocycles. The van der Waals surface area contributed by atoms with Crippen molar-refractivity contribution in [3.05, 3.63) is 64.6 Å². The molecule has 0 aliphatic rings. The van der Waals surface area contributed by atoms with Crippen molar-refractivity contribution in [3.8, 4) is 5.75 Å². The summed E-state index contributed by atoms with van der Waals surface area (Å²) < 4.78 is 6.59. The molecule has 2 rings (SSSR count). The molecule has 5 nitrogen and oxygen atoms in total. The number of aromatic nitrogens is 1. The molecule has 0 radical (unpaired) electrons. The van der Waals surface area contributed by atoms with E-state index in [0.29, 0.717) is 17.0 Å². The predicted molar refractivity (Wildman–Crippen MR) is 72.0 cm³/mol. The molecule has 0 bridgehead atoms. The monoisotopic (exact) mass is 258 g/mol. The molecule has 1 aromatic carbocycles. The summed E-state index contributed by atoms with van der Waals surface area (Å²) in [6.45, 7) is 0.198. The van der Waals surface area contributed by atoms with Gasteiger partial charge in [-0.25, -0.2) is 0 Å². The average molecular weight is 258 g/mol. The van der Waals surface area contributed by atoms with E-state index in [0.717, 1.165) is 0 Å². The summed E-state index contributed by atoms with van der Waals surface area (Å²) in [5, 5.41) is 12.4. The van der Waals surface area contributed by atoms with Gasteiger partial charge in [0, 0.05) is 17.8 Å². The van der Waals surface area contributed by atoms with Gasteiger partial charge in [0.15, 0.2) is 0 Å². The maximum absolute atomic E-state index is 11.6. The summed E-state index contributed by atoms with van der Waals surface area (Å²) in [7, 11) is 1.57. The van der Waals surface area contributed by atoms with E-state index in [1.807, 2.05) is 0 Å². The first-order valence-corrected chi connectivity index (χ1v) is 5.75. The first-order chi connectivity index (χ1) is 9.24. The molecule has 19 heavy (non-hydrogen) atoms. The topological polar surface area (TPSA) is 63.8 Å². The van der Waals surface area contributed by atoms with E-state index in [1.165, 1.54) is 10.6 Å². The average Bonchev–Trinajstić information content (AvgIpc) is 2.46. The van der Waals surface area contributed by atoms with Gasteiger partial charge < -0.3 is 14.5 Å². The summed E-state index contributed by atoms with van der Waals surface area (Å²) in [4.78, 5) is 11.6. The van der Waals surface area contributed by atoms with Crippen LogP contribution in [0.5, 0.6) is 5.75 Å². The number of methoxy groups -OCH3 is 1. The number of rotatable bonds is 4. The molecule has 1 N–H and O–H groups in total. The predicted octanol–water partition coefficient (Wildman–Crippen LogP) is 1.74. The van der Waals surface area contributed by atoms with Gasteiger partial charge in [0.05, 0.1) is 13.7 Å². The minimum absolute atomic E-state index is 0.147. The molecule has 0 amide bonds. The largest absolute Gasteiger partial charge is 0.497 e. The Balaban J connectivity index is 2.31. The van der Waals surface area contributed by atoms with Gasteiger partial charge >= 0.3 is 0 Å². The van der Waals surface area contributed by atoms with Gasteiger partial charge in [-0.1, -0.05) is 23.4 Å². The highest BCUT2D eigenvalue weighted by Gasteiger charge is 2.07. The zero-order valence-electron chi connectivity index (χ0n) is 10.5. The Hall–Kier alpha value is -2.56. The second-order valence-electron chi connectivity index (χ2n) is 3.95.